The molecular weight excluding hydrogens is 547 g/mol. The van der Waals surface area contributed by atoms with Crippen LogP contribution in [-0.2, 0) is 30.8 Å². The molecule has 2 heterocycles. The summed E-state index contributed by atoms with van der Waals surface area (Å²) in [5, 5.41) is 4.03. The Balaban J connectivity index is 1.47. The third kappa shape index (κ3) is 5.38. The molecule has 0 aliphatic carbocycles. The number of nitrogens with zero attached hydrogens (tertiary/aromatic N) is 1. The van der Waals surface area contributed by atoms with E-state index in [1.54, 1.807) is 29.6 Å². The van der Waals surface area contributed by atoms with Gasteiger partial charge in [0.2, 0.25) is 0 Å². The molecular formula is C23H20BrFN2O5S2. The van der Waals surface area contributed by atoms with Crippen molar-refractivity contribution in [2.24, 2.45) is 0 Å². The van der Waals surface area contributed by atoms with Crippen molar-refractivity contribution in [3.8, 4) is 0 Å². The van der Waals surface area contributed by atoms with Crippen molar-refractivity contribution in [1.29, 1.82) is 0 Å². The Bertz CT molecular complexity index is 1310. The smallest absolute Gasteiger partial charge is 0.308 e. The van der Waals surface area contributed by atoms with E-state index in [4.69, 9.17) is 4.74 Å². The Morgan fingerprint density at radius 2 is 1.97 bits per heavy atom. The number of halogens is 2. The molecule has 11 heteroatoms. The summed E-state index contributed by atoms with van der Waals surface area (Å²) in [7, 11) is -3.82. The zero-order chi connectivity index (χ0) is 24.3. The van der Waals surface area contributed by atoms with Crippen LogP contribution in [-0.4, -0.2) is 37.8 Å². The van der Waals surface area contributed by atoms with Gasteiger partial charge in [-0.1, -0.05) is 46.3 Å². The van der Waals surface area contributed by atoms with Crippen LogP contribution in [0.4, 0.5) is 10.1 Å². The van der Waals surface area contributed by atoms with E-state index in [0.29, 0.717) is 10.9 Å². The molecule has 7 nitrogen and oxygen atoms in total. The minimum absolute atomic E-state index is 0.0429. The number of thiophene rings is 1. The van der Waals surface area contributed by atoms with Gasteiger partial charge in [0.15, 0.2) is 6.61 Å². The number of carbonyl (C=O) groups is 2. The van der Waals surface area contributed by atoms with Gasteiger partial charge in [-0.2, -0.15) is 4.31 Å². The average Bonchev–Trinajstić information content (AvgIpc) is 3.36. The summed E-state index contributed by atoms with van der Waals surface area (Å²) in [4.78, 5) is 24.8. The van der Waals surface area contributed by atoms with Crippen molar-refractivity contribution in [3.05, 3.63) is 81.4 Å². The van der Waals surface area contributed by atoms with Gasteiger partial charge < -0.3 is 10.1 Å². The van der Waals surface area contributed by atoms with E-state index in [1.807, 2.05) is 12.1 Å². The lowest BCUT2D eigenvalue weighted by molar-refractivity contribution is -0.148. The lowest BCUT2D eigenvalue weighted by atomic mass is 9.92. The molecule has 0 saturated heterocycles. The number of nitrogens with one attached hydrogen (secondary N) is 1. The van der Waals surface area contributed by atoms with Gasteiger partial charge in [0.25, 0.3) is 15.9 Å². The second kappa shape index (κ2) is 10.3. The summed E-state index contributed by atoms with van der Waals surface area (Å²) < 4.78 is 47.6. The van der Waals surface area contributed by atoms with Crippen LogP contribution < -0.4 is 5.32 Å². The van der Waals surface area contributed by atoms with Crippen molar-refractivity contribution in [2.75, 3.05) is 18.5 Å². The summed E-state index contributed by atoms with van der Waals surface area (Å²) in [5.74, 6) is -2.08. The molecule has 1 aliphatic heterocycles. The summed E-state index contributed by atoms with van der Waals surface area (Å²) in [5.41, 5.74) is 1.65. The van der Waals surface area contributed by atoms with Crippen molar-refractivity contribution < 1.29 is 27.1 Å². The van der Waals surface area contributed by atoms with E-state index in [2.05, 4.69) is 21.2 Å². The zero-order valence-corrected chi connectivity index (χ0v) is 21.0. The number of sulfonamides is 1. The van der Waals surface area contributed by atoms with E-state index in [9.17, 15) is 22.4 Å². The molecule has 1 aliphatic rings. The number of hydrogen-bond acceptors (Lipinski definition) is 6. The van der Waals surface area contributed by atoms with E-state index < -0.39 is 40.4 Å². The van der Waals surface area contributed by atoms with E-state index in [1.165, 1.54) is 22.5 Å². The fraction of sp³-hybridized carbons (Fsp3) is 0.217. The molecule has 1 amide bonds. The number of ether oxygens (including phenoxy) is 1. The number of benzene rings is 2. The molecule has 4 rings (SSSR count). The van der Waals surface area contributed by atoms with Gasteiger partial charge in [-0.25, -0.2) is 12.8 Å². The minimum atomic E-state index is -3.82. The van der Waals surface area contributed by atoms with Gasteiger partial charge in [0.1, 0.15) is 10.0 Å². The first kappa shape index (κ1) is 24.5. The molecule has 0 spiro atoms. The van der Waals surface area contributed by atoms with E-state index >= 15 is 0 Å². The van der Waals surface area contributed by atoms with Gasteiger partial charge in [-0.05, 0) is 47.2 Å². The highest BCUT2D eigenvalue weighted by atomic mass is 79.9. The van der Waals surface area contributed by atoms with Crippen LogP contribution in [0, 0.1) is 5.82 Å². The van der Waals surface area contributed by atoms with Crippen LogP contribution in [0.3, 0.4) is 0 Å². The Kier molecular flexibility index (Phi) is 7.46. The number of amides is 1. The summed E-state index contributed by atoms with van der Waals surface area (Å²) in [6.07, 6.45) is 0.259. The Hall–Kier alpha value is -2.60. The van der Waals surface area contributed by atoms with Gasteiger partial charge in [-0.15, -0.1) is 11.3 Å². The number of rotatable bonds is 7. The maximum atomic E-state index is 13.9. The SMILES string of the molecule is O=C(COC(=O)C[C@@H]1c2ccccc2CCN1S(=O)(=O)c1cccs1)Nc1ccc(Br)cc1F. The molecule has 0 bridgehead atoms. The lowest BCUT2D eigenvalue weighted by Gasteiger charge is -2.35. The van der Waals surface area contributed by atoms with Crippen LogP contribution in [0.5, 0.6) is 0 Å². The van der Waals surface area contributed by atoms with Crippen molar-refractivity contribution in [3.63, 3.8) is 0 Å². The molecule has 1 atom stereocenters. The van der Waals surface area contributed by atoms with Crippen molar-refractivity contribution in [2.45, 2.75) is 23.1 Å². The number of fused-ring (bicyclic) bond motifs is 1. The van der Waals surface area contributed by atoms with Crippen molar-refractivity contribution >= 4 is 54.9 Å². The Labute approximate surface area is 208 Å². The normalized spacial score (nSPS) is 16.0. The predicted octanol–water partition coefficient (Wildman–Crippen LogP) is 4.51. The zero-order valence-electron chi connectivity index (χ0n) is 17.7. The molecule has 0 fully saturated rings. The lowest BCUT2D eigenvalue weighted by Crippen LogP contribution is -2.41. The van der Waals surface area contributed by atoms with Crippen molar-refractivity contribution in [1.82, 2.24) is 4.31 Å². The largest absolute Gasteiger partial charge is 0.456 e. The summed E-state index contributed by atoms with van der Waals surface area (Å²) >= 11 is 4.24. The number of esters is 1. The van der Waals surface area contributed by atoms with Crippen LogP contribution in [0.1, 0.15) is 23.6 Å². The maximum Gasteiger partial charge on any atom is 0.308 e. The fourth-order valence-corrected chi connectivity index (χ4v) is 6.85. The molecule has 178 valence electrons. The Morgan fingerprint density at radius 3 is 2.71 bits per heavy atom. The second-order valence-electron chi connectivity index (χ2n) is 7.55. The van der Waals surface area contributed by atoms with Gasteiger partial charge in [-0.3, -0.25) is 9.59 Å². The first-order valence-electron chi connectivity index (χ1n) is 10.3. The number of anilines is 1. The monoisotopic (exact) mass is 566 g/mol. The molecule has 0 radical (unpaired) electrons. The predicted molar refractivity (Wildman–Crippen MR) is 129 cm³/mol. The average molecular weight is 567 g/mol. The minimum Gasteiger partial charge on any atom is -0.456 e. The number of hydrogen-bond donors (Lipinski definition) is 1. The fourth-order valence-electron chi connectivity index (χ4n) is 3.79. The third-order valence-electron chi connectivity index (χ3n) is 5.35. The molecule has 0 unspecified atom stereocenters. The van der Waals surface area contributed by atoms with Crippen LogP contribution in [0.2, 0.25) is 0 Å². The first-order valence-corrected chi connectivity index (χ1v) is 13.4. The highest BCUT2D eigenvalue weighted by Crippen LogP contribution is 2.37. The van der Waals surface area contributed by atoms with E-state index in [-0.39, 0.29) is 22.9 Å². The standard InChI is InChI=1S/C23H20BrFN2O5S2/c24-16-7-8-19(18(25)12-16)26-21(28)14-32-22(29)13-20-17-5-2-1-4-15(17)9-10-27(20)34(30,31)23-6-3-11-33-23/h1-8,11-12,20H,9-10,13-14H2,(H,26,28)/t20-/m1/s1. The molecule has 2 aromatic carbocycles. The molecule has 3 aromatic rings. The van der Waals surface area contributed by atoms with Crippen LogP contribution in [0.25, 0.3) is 0 Å². The summed E-state index contributed by atoms with van der Waals surface area (Å²) in [6.45, 7) is -0.404. The van der Waals surface area contributed by atoms with Crippen LogP contribution in [0.15, 0.2) is 68.7 Å². The molecule has 0 saturated carbocycles. The first-order chi connectivity index (χ1) is 16.3. The number of carbonyl (C=O) groups excluding carboxylic acids is 2. The highest BCUT2D eigenvalue weighted by Gasteiger charge is 2.38. The molecule has 1 N–H and O–H groups in total. The van der Waals surface area contributed by atoms with Gasteiger partial charge in [0, 0.05) is 11.0 Å². The van der Waals surface area contributed by atoms with E-state index in [0.717, 1.165) is 22.5 Å². The van der Waals surface area contributed by atoms with Crippen LogP contribution >= 0.6 is 27.3 Å². The topological polar surface area (TPSA) is 92.8 Å². The summed E-state index contributed by atoms with van der Waals surface area (Å²) in [6, 6.07) is 13.9. The third-order valence-corrected chi connectivity index (χ3v) is 9.13. The quantitative estimate of drug-likeness (QED) is 0.425. The maximum absolute atomic E-state index is 13.9. The second-order valence-corrected chi connectivity index (χ2v) is 11.5. The Morgan fingerprint density at radius 1 is 1.18 bits per heavy atom. The highest BCUT2D eigenvalue weighted by molar-refractivity contribution is 9.10. The van der Waals surface area contributed by atoms with Gasteiger partial charge >= 0.3 is 5.97 Å². The molecule has 34 heavy (non-hydrogen) atoms. The van der Waals surface area contributed by atoms with Gasteiger partial charge in [0.05, 0.1) is 18.2 Å². The molecule has 1 aromatic heterocycles.